The third kappa shape index (κ3) is 3.62. The molecule has 0 aliphatic heterocycles. The Morgan fingerprint density at radius 2 is 1.65 bits per heavy atom. The molecule has 0 spiro atoms. The van der Waals surface area contributed by atoms with Gasteiger partial charge in [0.25, 0.3) is 0 Å². The zero-order valence-corrected chi connectivity index (χ0v) is 14.7. The van der Waals surface area contributed by atoms with Crippen molar-refractivity contribution in [3.63, 3.8) is 0 Å². The zero-order valence-electron chi connectivity index (χ0n) is 14.7. The predicted molar refractivity (Wildman–Crippen MR) is 100 cm³/mol. The van der Waals surface area contributed by atoms with E-state index in [-0.39, 0.29) is 0 Å². The third-order valence-electron chi connectivity index (χ3n) is 4.05. The molecule has 4 nitrogen and oxygen atoms in total. The Hall–Kier alpha value is -3.45. The van der Waals surface area contributed by atoms with E-state index in [1.807, 2.05) is 60.7 Å². The number of nitriles is 1. The van der Waals surface area contributed by atoms with Crippen LogP contribution in [0, 0.1) is 11.3 Å². The Kier molecular flexibility index (Phi) is 5.40. The molecule has 0 fully saturated rings. The summed E-state index contributed by atoms with van der Waals surface area (Å²) in [6, 6.07) is 23.2. The molecular formula is C22H19NO3. The molecule has 0 amide bonds. The van der Waals surface area contributed by atoms with E-state index in [1.165, 1.54) is 0 Å². The smallest absolute Gasteiger partial charge is 0.168 e. The Labute approximate surface area is 153 Å². The molecule has 0 saturated carbocycles. The molecule has 3 aromatic rings. The van der Waals surface area contributed by atoms with Gasteiger partial charge in [-0.25, -0.2) is 0 Å². The van der Waals surface area contributed by atoms with Gasteiger partial charge in [-0.05, 0) is 29.3 Å². The average molecular weight is 345 g/mol. The second-order valence-corrected chi connectivity index (χ2v) is 5.64. The van der Waals surface area contributed by atoms with Gasteiger partial charge < -0.3 is 14.2 Å². The Bertz CT molecular complexity index is 930. The first-order valence-corrected chi connectivity index (χ1v) is 8.19. The van der Waals surface area contributed by atoms with Crippen LogP contribution in [-0.2, 0) is 6.61 Å². The van der Waals surface area contributed by atoms with Crippen LogP contribution in [0.1, 0.15) is 11.1 Å². The van der Waals surface area contributed by atoms with Gasteiger partial charge in [0.2, 0.25) is 0 Å². The lowest BCUT2D eigenvalue weighted by Crippen LogP contribution is -1.98. The van der Waals surface area contributed by atoms with E-state index >= 15 is 0 Å². The minimum Gasteiger partial charge on any atom is -0.493 e. The van der Waals surface area contributed by atoms with Crippen molar-refractivity contribution in [1.82, 2.24) is 0 Å². The lowest BCUT2D eigenvalue weighted by atomic mass is 10.0. The summed E-state index contributed by atoms with van der Waals surface area (Å²) in [4.78, 5) is 0. The normalized spacial score (nSPS) is 10.0. The first-order valence-electron chi connectivity index (χ1n) is 8.19. The maximum atomic E-state index is 9.39. The Balaban J connectivity index is 1.97. The van der Waals surface area contributed by atoms with Crippen LogP contribution in [0.2, 0.25) is 0 Å². The number of ether oxygens (including phenoxy) is 3. The summed E-state index contributed by atoms with van der Waals surface area (Å²) in [6.45, 7) is 0.397. The van der Waals surface area contributed by atoms with Crippen molar-refractivity contribution in [2.24, 2.45) is 0 Å². The van der Waals surface area contributed by atoms with Gasteiger partial charge in [0.05, 0.1) is 19.8 Å². The summed E-state index contributed by atoms with van der Waals surface area (Å²) < 4.78 is 16.8. The zero-order chi connectivity index (χ0) is 18.4. The average Bonchev–Trinajstić information content (AvgIpc) is 2.72. The van der Waals surface area contributed by atoms with Crippen LogP contribution < -0.4 is 14.2 Å². The van der Waals surface area contributed by atoms with Crippen LogP contribution in [-0.4, -0.2) is 14.2 Å². The second-order valence-electron chi connectivity index (χ2n) is 5.64. The van der Waals surface area contributed by atoms with Gasteiger partial charge in [-0.1, -0.05) is 48.5 Å². The highest BCUT2D eigenvalue weighted by Gasteiger charge is 2.14. The molecule has 0 aliphatic carbocycles. The molecule has 0 bridgehead atoms. The largest absolute Gasteiger partial charge is 0.493 e. The van der Waals surface area contributed by atoms with E-state index in [0.717, 1.165) is 16.7 Å². The molecule has 0 unspecified atom stereocenters. The van der Waals surface area contributed by atoms with E-state index in [1.54, 1.807) is 20.3 Å². The minimum atomic E-state index is 0.397. The number of para-hydroxylation sites is 1. The fraction of sp³-hybridized carbons (Fsp3) is 0.136. The van der Waals surface area contributed by atoms with Crippen LogP contribution in [0.5, 0.6) is 17.2 Å². The molecule has 0 saturated heterocycles. The summed E-state index contributed by atoms with van der Waals surface area (Å²) in [5, 5.41) is 9.39. The standard InChI is InChI=1S/C22H19NO3/c1-24-20-10-6-9-19(22(20)25-2)17-11-12-18(14-23)21(13-17)26-15-16-7-4-3-5-8-16/h3-13H,15H2,1-2H3. The highest BCUT2D eigenvalue weighted by Crippen LogP contribution is 2.39. The first-order chi connectivity index (χ1) is 12.8. The predicted octanol–water partition coefficient (Wildman–Crippen LogP) is 4.82. The summed E-state index contributed by atoms with van der Waals surface area (Å²) in [5.41, 5.74) is 3.30. The molecule has 0 radical (unpaired) electrons. The summed E-state index contributed by atoms with van der Waals surface area (Å²) in [6.07, 6.45) is 0. The summed E-state index contributed by atoms with van der Waals surface area (Å²) in [5.74, 6) is 1.84. The van der Waals surface area contributed by atoms with E-state index in [0.29, 0.717) is 29.4 Å². The van der Waals surface area contributed by atoms with Crippen molar-refractivity contribution in [3.05, 3.63) is 77.9 Å². The molecule has 0 atom stereocenters. The van der Waals surface area contributed by atoms with E-state index in [9.17, 15) is 5.26 Å². The van der Waals surface area contributed by atoms with Gasteiger partial charge in [-0.3, -0.25) is 0 Å². The maximum Gasteiger partial charge on any atom is 0.168 e. The van der Waals surface area contributed by atoms with Gasteiger partial charge >= 0.3 is 0 Å². The van der Waals surface area contributed by atoms with Gasteiger partial charge in [0.15, 0.2) is 11.5 Å². The Morgan fingerprint density at radius 1 is 0.846 bits per heavy atom. The van der Waals surface area contributed by atoms with Crippen molar-refractivity contribution in [2.75, 3.05) is 14.2 Å². The molecule has 130 valence electrons. The highest BCUT2D eigenvalue weighted by molar-refractivity contribution is 5.75. The van der Waals surface area contributed by atoms with Crippen LogP contribution in [0.4, 0.5) is 0 Å². The highest BCUT2D eigenvalue weighted by atomic mass is 16.5. The molecule has 3 rings (SSSR count). The van der Waals surface area contributed by atoms with Crippen molar-refractivity contribution >= 4 is 0 Å². The monoisotopic (exact) mass is 345 g/mol. The summed E-state index contributed by atoms with van der Waals surface area (Å²) in [7, 11) is 3.21. The van der Waals surface area contributed by atoms with E-state index < -0.39 is 0 Å². The van der Waals surface area contributed by atoms with Crippen LogP contribution in [0.15, 0.2) is 66.7 Å². The third-order valence-corrected chi connectivity index (χ3v) is 4.05. The quantitative estimate of drug-likeness (QED) is 0.642. The fourth-order valence-corrected chi connectivity index (χ4v) is 2.75. The van der Waals surface area contributed by atoms with E-state index in [4.69, 9.17) is 14.2 Å². The van der Waals surface area contributed by atoms with Gasteiger partial charge in [-0.2, -0.15) is 5.26 Å². The molecule has 0 heterocycles. The van der Waals surface area contributed by atoms with Crippen molar-refractivity contribution in [3.8, 4) is 34.4 Å². The van der Waals surface area contributed by atoms with Crippen molar-refractivity contribution in [1.29, 1.82) is 5.26 Å². The molecule has 3 aromatic carbocycles. The molecule has 0 aliphatic rings. The van der Waals surface area contributed by atoms with Gasteiger partial charge in [-0.15, -0.1) is 0 Å². The molecule has 0 aromatic heterocycles. The lowest BCUT2D eigenvalue weighted by Gasteiger charge is -2.14. The first kappa shape index (κ1) is 17.4. The minimum absolute atomic E-state index is 0.397. The van der Waals surface area contributed by atoms with E-state index in [2.05, 4.69) is 6.07 Å². The number of nitrogens with zero attached hydrogens (tertiary/aromatic N) is 1. The molecule has 26 heavy (non-hydrogen) atoms. The van der Waals surface area contributed by atoms with Crippen LogP contribution in [0.3, 0.4) is 0 Å². The second kappa shape index (κ2) is 8.09. The van der Waals surface area contributed by atoms with Crippen LogP contribution >= 0.6 is 0 Å². The summed E-state index contributed by atoms with van der Waals surface area (Å²) >= 11 is 0. The number of hydrogen-bond donors (Lipinski definition) is 0. The van der Waals surface area contributed by atoms with Gasteiger partial charge in [0.1, 0.15) is 18.4 Å². The number of rotatable bonds is 6. The lowest BCUT2D eigenvalue weighted by molar-refractivity contribution is 0.305. The maximum absolute atomic E-state index is 9.39. The van der Waals surface area contributed by atoms with Crippen molar-refractivity contribution in [2.45, 2.75) is 6.61 Å². The van der Waals surface area contributed by atoms with Crippen LogP contribution in [0.25, 0.3) is 11.1 Å². The number of benzene rings is 3. The molecule has 4 heteroatoms. The SMILES string of the molecule is COc1cccc(-c2ccc(C#N)c(OCc3ccccc3)c2)c1OC. The Morgan fingerprint density at radius 3 is 2.35 bits per heavy atom. The molecular weight excluding hydrogens is 326 g/mol. The number of methoxy groups -OCH3 is 2. The van der Waals surface area contributed by atoms with Crippen molar-refractivity contribution < 1.29 is 14.2 Å². The topological polar surface area (TPSA) is 51.5 Å². The molecule has 0 N–H and O–H groups in total. The van der Waals surface area contributed by atoms with Gasteiger partial charge in [0, 0.05) is 5.56 Å². The number of hydrogen-bond acceptors (Lipinski definition) is 4. The fourth-order valence-electron chi connectivity index (χ4n) is 2.75.